The summed E-state index contributed by atoms with van der Waals surface area (Å²) in [6, 6.07) is 12.6. The second-order valence-corrected chi connectivity index (χ2v) is 15.6. The molecule has 0 bridgehead atoms. The third kappa shape index (κ3) is 9.75. The Bertz CT molecular complexity index is 1540. The summed E-state index contributed by atoms with van der Waals surface area (Å²) in [7, 11) is -4.23. The van der Waals surface area contributed by atoms with E-state index in [1.165, 1.54) is 22.5 Å². The van der Waals surface area contributed by atoms with Crippen LogP contribution in [0.4, 0.5) is 9.59 Å². The highest BCUT2D eigenvalue weighted by Crippen LogP contribution is 2.36. The van der Waals surface area contributed by atoms with Crippen LogP contribution in [0.2, 0.25) is 0 Å². The van der Waals surface area contributed by atoms with Gasteiger partial charge in [0.05, 0.1) is 42.8 Å². The summed E-state index contributed by atoms with van der Waals surface area (Å²) in [5, 5.41) is 17.2. The van der Waals surface area contributed by atoms with Gasteiger partial charge in [0.15, 0.2) is 17.8 Å². The number of nitrogens with zero attached hydrogens (tertiary/aromatic N) is 1. The standard InChI is InChI=1S/C34H47N3O11S/c1-22(2)35-32(39)44-15-13-34(3,4)20-37(49(41,42)24-10-11-28-29(17-24)47-21-46-28)18-27(38)26(16-23-8-6-5-7-9-23)36-33(40)48-30-19-45-31-25(30)12-14-43-31/h5-11,17,22,25-27,30-31,38H,12-16,18-21H2,1-4H3,(H,35,39)(H,36,40)/t25-,26-,27+,30-,31+/m0/s1. The molecule has 2 fully saturated rings. The van der Waals surface area contributed by atoms with Crippen molar-refractivity contribution in [3.63, 3.8) is 0 Å². The van der Waals surface area contributed by atoms with Crippen molar-refractivity contribution in [3.05, 3.63) is 54.1 Å². The van der Waals surface area contributed by atoms with Crippen molar-refractivity contribution in [2.24, 2.45) is 11.3 Å². The van der Waals surface area contributed by atoms with Crippen molar-refractivity contribution in [2.75, 3.05) is 39.7 Å². The summed E-state index contributed by atoms with van der Waals surface area (Å²) < 4.78 is 62.7. The van der Waals surface area contributed by atoms with E-state index in [4.69, 9.17) is 28.4 Å². The summed E-state index contributed by atoms with van der Waals surface area (Å²) in [6.07, 6.45) is -2.34. The van der Waals surface area contributed by atoms with Gasteiger partial charge in [-0.15, -0.1) is 0 Å². The maximum atomic E-state index is 14.3. The van der Waals surface area contributed by atoms with E-state index >= 15 is 0 Å². The molecule has 15 heteroatoms. The van der Waals surface area contributed by atoms with Gasteiger partial charge in [0.25, 0.3) is 0 Å². The summed E-state index contributed by atoms with van der Waals surface area (Å²) in [5.74, 6) is 0.646. The molecule has 0 unspecified atom stereocenters. The van der Waals surface area contributed by atoms with Crippen LogP contribution in [0.25, 0.3) is 0 Å². The van der Waals surface area contributed by atoms with Crippen molar-refractivity contribution in [1.29, 1.82) is 0 Å². The average Bonchev–Trinajstić information content (AvgIpc) is 3.79. The molecule has 14 nitrogen and oxygen atoms in total. The van der Waals surface area contributed by atoms with E-state index in [1.807, 2.05) is 58.0 Å². The number of alkyl carbamates (subject to hydrolysis) is 2. The minimum Gasteiger partial charge on any atom is -0.454 e. The molecule has 0 saturated carbocycles. The number of hydrogen-bond acceptors (Lipinski definition) is 11. The first-order valence-electron chi connectivity index (χ1n) is 16.6. The molecular weight excluding hydrogens is 658 g/mol. The van der Waals surface area contributed by atoms with Crippen LogP contribution in [0.3, 0.4) is 0 Å². The Morgan fingerprint density at radius 3 is 2.55 bits per heavy atom. The Kier molecular flexibility index (Phi) is 11.9. The minimum atomic E-state index is -4.23. The number of ether oxygens (including phenoxy) is 6. The first kappa shape index (κ1) is 36.6. The molecule has 2 amide bonds. The molecule has 2 aromatic carbocycles. The fourth-order valence-electron chi connectivity index (χ4n) is 6.05. The van der Waals surface area contributed by atoms with E-state index in [2.05, 4.69) is 10.6 Å². The molecule has 270 valence electrons. The average molecular weight is 706 g/mol. The lowest BCUT2D eigenvalue weighted by Gasteiger charge is -2.35. The lowest BCUT2D eigenvalue weighted by atomic mass is 9.89. The van der Waals surface area contributed by atoms with Gasteiger partial charge in [0, 0.05) is 25.2 Å². The Balaban J connectivity index is 1.35. The Morgan fingerprint density at radius 2 is 1.80 bits per heavy atom. The topological polar surface area (TPSA) is 171 Å². The van der Waals surface area contributed by atoms with Gasteiger partial charge in [-0.2, -0.15) is 4.31 Å². The van der Waals surface area contributed by atoms with Crippen molar-refractivity contribution in [3.8, 4) is 11.5 Å². The van der Waals surface area contributed by atoms with E-state index in [-0.39, 0.29) is 56.4 Å². The largest absolute Gasteiger partial charge is 0.454 e. The second-order valence-electron chi connectivity index (χ2n) is 13.6. The smallest absolute Gasteiger partial charge is 0.407 e. The molecule has 3 N–H and O–H groups in total. The predicted molar refractivity (Wildman–Crippen MR) is 176 cm³/mol. The molecule has 2 aromatic rings. The van der Waals surface area contributed by atoms with Gasteiger partial charge >= 0.3 is 12.2 Å². The number of rotatable bonds is 15. The predicted octanol–water partition coefficient (Wildman–Crippen LogP) is 3.42. The molecule has 49 heavy (non-hydrogen) atoms. The van der Waals surface area contributed by atoms with Crippen molar-refractivity contribution in [1.82, 2.24) is 14.9 Å². The van der Waals surface area contributed by atoms with E-state index in [0.717, 1.165) is 5.56 Å². The van der Waals surface area contributed by atoms with Crippen LogP contribution in [0.1, 0.15) is 46.1 Å². The fraction of sp³-hybridized carbons (Fsp3) is 0.588. The van der Waals surface area contributed by atoms with Crippen LogP contribution < -0.4 is 20.1 Å². The van der Waals surface area contributed by atoms with Crippen LogP contribution in [0, 0.1) is 11.3 Å². The minimum absolute atomic E-state index is 0.0248. The molecular formula is C34H47N3O11S. The number of carbonyl (C=O) groups is 2. The van der Waals surface area contributed by atoms with Crippen LogP contribution in [0.5, 0.6) is 11.5 Å². The number of amides is 2. The van der Waals surface area contributed by atoms with Gasteiger partial charge in [-0.3, -0.25) is 0 Å². The number of sulfonamides is 1. The van der Waals surface area contributed by atoms with Gasteiger partial charge in [0.2, 0.25) is 16.8 Å². The van der Waals surface area contributed by atoms with E-state index in [1.54, 1.807) is 0 Å². The molecule has 5 atom stereocenters. The molecule has 3 heterocycles. The fourth-order valence-corrected chi connectivity index (χ4v) is 7.71. The van der Waals surface area contributed by atoms with E-state index in [0.29, 0.717) is 30.9 Å². The van der Waals surface area contributed by atoms with Crippen molar-refractivity contribution in [2.45, 2.75) is 82.4 Å². The highest BCUT2D eigenvalue weighted by atomic mass is 32.2. The molecule has 2 saturated heterocycles. The number of benzene rings is 2. The SMILES string of the molecule is CC(C)NC(=O)OCCC(C)(C)CN(C[C@@H](O)[C@H](Cc1ccccc1)NC(=O)O[C@H]1CO[C@H]2OCC[C@H]21)S(=O)(=O)c1ccc2c(c1)OCO2. The van der Waals surface area contributed by atoms with Gasteiger partial charge in [-0.05, 0) is 56.2 Å². The van der Waals surface area contributed by atoms with Crippen molar-refractivity contribution >= 4 is 22.2 Å². The van der Waals surface area contributed by atoms with Crippen molar-refractivity contribution < 1.29 is 51.5 Å². The quantitative estimate of drug-likeness (QED) is 0.248. The highest BCUT2D eigenvalue weighted by Gasteiger charge is 2.44. The Hall–Kier alpha value is -3.63. The Morgan fingerprint density at radius 1 is 1.04 bits per heavy atom. The number of hydrogen-bond donors (Lipinski definition) is 3. The van der Waals surface area contributed by atoms with E-state index < -0.39 is 52.2 Å². The monoisotopic (exact) mass is 705 g/mol. The van der Waals surface area contributed by atoms with Gasteiger partial charge in [-0.25, -0.2) is 18.0 Å². The van der Waals surface area contributed by atoms with Gasteiger partial charge < -0.3 is 44.2 Å². The molecule has 0 aromatic heterocycles. The van der Waals surface area contributed by atoms with Crippen LogP contribution in [-0.4, -0.2) is 100 Å². The summed E-state index contributed by atoms with van der Waals surface area (Å²) in [5.41, 5.74) is 0.118. The van der Waals surface area contributed by atoms with E-state index in [9.17, 15) is 23.1 Å². The van der Waals surface area contributed by atoms with Crippen LogP contribution in [-0.2, 0) is 35.4 Å². The highest BCUT2D eigenvalue weighted by molar-refractivity contribution is 7.89. The lowest BCUT2D eigenvalue weighted by molar-refractivity contribution is -0.0907. The first-order chi connectivity index (χ1) is 23.3. The number of aliphatic hydroxyl groups is 1. The lowest BCUT2D eigenvalue weighted by Crippen LogP contribution is -2.52. The molecule has 5 rings (SSSR count). The molecule has 0 radical (unpaired) electrons. The second kappa shape index (κ2) is 15.9. The summed E-state index contributed by atoms with van der Waals surface area (Å²) >= 11 is 0. The normalized spacial score (nSPS) is 21.3. The zero-order valence-electron chi connectivity index (χ0n) is 28.3. The molecule has 3 aliphatic rings. The maximum Gasteiger partial charge on any atom is 0.407 e. The number of fused-ring (bicyclic) bond motifs is 2. The molecule has 0 aliphatic carbocycles. The number of aliphatic hydroxyl groups excluding tert-OH is 1. The first-order valence-corrected chi connectivity index (χ1v) is 18.0. The Labute approximate surface area is 287 Å². The summed E-state index contributed by atoms with van der Waals surface area (Å²) in [4.78, 5) is 25.2. The molecule has 0 spiro atoms. The third-order valence-corrected chi connectivity index (χ3v) is 10.5. The third-order valence-electron chi connectivity index (χ3n) is 8.71. The van der Waals surface area contributed by atoms with Crippen LogP contribution in [0.15, 0.2) is 53.4 Å². The summed E-state index contributed by atoms with van der Waals surface area (Å²) in [6.45, 7) is 7.69. The number of carbonyl (C=O) groups excluding carboxylic acids is 2. The number of nitrogens with one attached hydrogen (secondary N) is 2. The van der Waals surface area contributed by atoms with Gasteiger partial charge in [-0.1, -0.05) is 44.2 Å². The zero-order valence-corrected chi connectivity index (χ0v) is 29.1. The van der Waals surface area contributed by atoms with Crippen LogP contribution >= 0.6 is 0 Å². The zero-order chi connectivity index (χ0) is 35.2. The maximum absolute atomic E-state index is 14.3. The van der Waals surface area contributed by atoms with Gasteiger partial charge in [0.1, 0.15) is 6.10 Å². The molecule has 3 aliphatic heterocycles.